The number of carbonyl (C=O) groups is 1. The summed E-state index contributed by atoms with van der Waals surface area (Å²) in [6, 6.07) is 3.93. The summed E-state index contributed by atoms with van der Waals surface area (Å²) >= 11 is 11.5. The van der Waals surface area contributed by atoms with E-state index in [1.165, 1.54) is 12.1 Å². The van der Waals surface area contributed by atoms with Crippen LogP contribution in [0.25, 0.3) is 0 Å². The van der Waals surface area contributed by atoms with Crippen LogP contribution < -0.4 is 10.5 Å². The van der Waals surface area contributed by atoms with E-state index >= 15 is 0 Å². The first-order valence-corrected chi connectivity index (χ1v) is 5.59. The van der Waals surface area contributed by atoms with E-state index < -0.39 is 12.0 Å². The molecule has 3 nitrogen and oxygen atoms in total. The molecule has 1 rings (SSSR count). The fourth-order valence-electron chi connectivity index (χ4n) is 1.04. The maximum atomic E-state index is 11.5. The third-order valence-corrected chi connectivity index (χ3v) is 2.48. The maximum Gasteiger partial charge on any atom is 0.328 e. The Morgan fingerprint density at radius 2 is 1.75 bits per heavy atom. The van der Waals surface area contributed by atoms with Crippen molar-refractivity contribution in [1.82, 2.24) is 0 Å². The Morgan fingerprint density at radius 1 is 1.25 bits per heavy atom. The smallest absolute Gasteiger partial charge is 0.328 e. The van der Waals surface area contributed by atoms with E-state index in [4.69, 9.17) is 33.7 Å². The van der Waals surface area contributed by atoms with E-state index in [1.54, 1.807) is 6.07 Å². The molecule has 1 unspecified atom stereocenters. The van der Waals surface area contributed by atoms with Gasteiger partial charge >= 0.3 is 5.97 Å². The lowest BCUT2D eigenvalue weighted by Gasteiger charge is -2.14. The number of hydrogen-bond donors (Lipinski definition) is 1. The molecular formula is C11H13Cl2NO2. The van der Waals surface area contributed by atoms with Gasteiger partial charge in [-0.3, -0.25) is 0 Å². The molecule has 0 fully saturated rings. The van der Waals surface area contributed by atoms with Gasteiger partial charge in [0.25, 0.3) is 0 Å². The van der Waals surface area contributed by atoms with Crippen LogP contribution in [0.5, 0.6) is 5.75 Å². The van der Waals surface area contributed by atoms with E-state index in [-0.39, 0.29) is 5.92 Å². The van der Waals surface area contributed by atoms with E-state index in [1.807, 2.05) is 13.8 Å². The van der Waals surface area contributed by atoms with Gasteiger partial charge in [0.2, 0.25) is 0 Å². The highest BCUT2D eigenvalue weighted by atomic mass is 35.5. The zero-order valence-corrected chi connectivity index (χ0v) is 10.5. The van der Waals surface area contributed by atoms with E-state index in [2.05, 4.69) is 0 Å². The molecule has 88 valence electrons. The van der Waals surface area contributed by atoms with Crippen LogP contribution in [0.4, 0.5) is 0 Å². The summed E-state index contributed by atoms with van der Waals surface area (Å²) in [5, 5.41) is 0.821. The third-order valence-electron chi connectivity index (χ3n) is 2.04. The largest absolute Gasteiger partial charge is 0.425 e. The molecule has 0 heterocycles. The number of esters is 1. The minimum atomic E-state index is -0.655. The first-order chi connectivity index (χ1) is 7.40. The summed E-state index contributed by atoms with van der Waals surface area (Å²) in [7, 11) is 0. The Balaban J connectivity index is 2.77. The van der Waals surface area contributed by atoms with Crippen molar-refractivity contribution in [1.29, 1.82) is 0 Å². The SMILES string of the molecule is CC(C)C(N)C(=O)Oc1cc(Cl)cc(Cl)c1. The zero-order chi connectivity index (χ0) is 12.3. The highest BCUT2D eigenvalue weighted by Gasteiger charge is 2.19. The molecule has 0 radical (unpaired) electrons. The van der Waals surface area contributed by atoms with Gasteiger partial charge in [0, 0.05) is 10.0 Å². The number of carbonyl (C=O) groups excluding carboxylic acids is 1. The van der Waals surface area contributed by atoms with Crippen LogP contribution in [0, 0.1) is 5.92 Å². The summed E-state index contributed by atoms with van der Waals surface area (Å²) in [5.41, 5.74) is 5.64. The fourth-order valence-corrected chi connectivity index (χ4v) is 1.55. The molecule has 0 aliphatic carbocycles. The predicted octanol–water partition coefficient (Wildman–Crippen LogP) is 2.88. The first kappa shape index (κ1) is 13.3. The minimum Gasteiger partial charge on any atom is -0.425 e. The van der Waals surface area contributed by atoms with Gasteiger partial charge in [-0.15, -0.1) is 0 Å². The topological polar surface area (TPSA) is 52.3 Å². The van der Waals surface area contributed by atoms with Crippen molar-refractivity contribution in [3.8, 4) is 5.75 Å². The molecule has 2 N–H and O–H groups in total. The second kappa shape index (κ2) is 5.53. The van der Waals surface area contributed by atoms with Crippen molar-refractivity contribution in [3.05, 3.63) is 28.2 Å². The van der Waals surface area contributed by atoms with Crippen LogP contribution in [0.1, 0.15) is 13.8 Å². The molecule has 0 saturated heterocycles. The Morgan fingerprint density at radius 3 is 2.19 bits per heavy atom. The standard InChI is InChI=1S/C11H13Cl2NO2/c1-6(2)10(14)11(15)16-9-4-7(12)3-8(13)5-9/h3-6,10H,14H2,1-2H3. The van der Waals surface area contributed by atoms with E-state index in [0.29, 0.717) is 15.8 Å². The molecule has 0 saturated carbocycles. The Bertz CT molecular complexity index is 373. The number of halogens is 2. The van der Waals surface area contributed by atoms with Gasteiger partial charge in [-0.2, -0.15) is 0 Å². The Kier molecular flexibility index (Phi) is 4.59. The third kappa shape index (κ3) is 3.67. The quantitative estimate of drug-likeness (QED) is 0.673. The van der Waals surface area contributed by atoms with Crippen LogP contribution in [0.2, 0.25) is 10.0 Å². The number of rotatable bonds is 3. The predicted molar refractivity (Wildman–Crippen MR) is 64.9 cm³/mol. The number of benzene rings is 1. The van der Waals surface area contributed by atoms with E-state index in [9.17, 15) is 4.79 Å². The lowest BCUT2D eigenvalue weighted by atomic mass is 10.1. The van der Waals surface area contributed by atoms with Gasteiger partial charge in [-0.25, -0.2) is 4.79 Å². The Hall–Kier alpha value is -0.770. The van der Waals surface area contributed by atoms with Crippen LogP contribution in [-0.2, 0) is 4.79 Å². The minimum absolute atomic E-state index is 0.0159. The van der Waals surface area contributed by atoms with Crippen molar-refractivity contribution in [2.45, 2.75) is 19.9 Å². The monoisotopic (exact) mass is 261 g/mol. The van der Waals surface area contributed by atoms with Crippen molar-refractivity contribution in [2.75, 3.05) is 0 Å². The highest BCUT2D eigenvalue weighted by molar-refractivity contribution is 6.34. The molecule has 1 aromatic rings. The van der Waals surface area contributed by atoms with Gasteiger partial charge in [0.15, 0.2) is 0 Å². The molecule has 1 aromatic carbocycles. The first-order valence-electron chi connectivity index (χ1n) is 4.83. The average molecular weight is 262 g/mol. The second-order valence-electron chi connectivity index (χ2n) is 3.80. The summed E-state index contributed by atoms with van der Waals surface area (Å²) in [5.74, 6) is -0.172. The lowest BCUT2D eigenvalue weighted by molar-refractivity contribution is -0.136. The molecule has 5 heteroatoms. The molecule has 1 atom stereocenters. The molecule has 0 bridgehead atoms. The van der Waals surface area contributed by atoms with Gasteiger partial charge < -0.3 is 10.5 Å². The maximum absolute atomic E-state index is 11.5. The molecule has 0 amide bonds. The van der Waals surface area contributed by atoms with Gasteiger partial charge in [0.1, 0.15) is 11.8 Å². The average Bonchev–Trinajstić information content (AvgIpc) is 2.14. The number of nitrogens with two attached hydrogens (primary N) is 1. The Labute approximate surface area is 104 Å². The molecule has 0 aromatic heterocycles. The summed E-state index contributed by atoms with van der Waals surface area (Å²) in [6.07, 6.45) is 0. The van der Waals surface area contributed by atoms with E-state index in [0.717, 1.165) is 0 Å². The fraction of sp³-hybridized carbons (Fsp3) is 0.364. The van der Waals surface area contributed by atoms with Crippen LogP contribution in [-0.4, -0.2) is 12.0 Å². The summed E-state index contributed by atoms with van der Waals surface area (Å²) < 4.78 is 5.07. The van der Waals surface area contributed by atoms with Crippen molar-refractivity contribution in [3.63, 3.8) is 0 Å². The zero-order valence-electron chi connectivity index (χ0n) is 9.04. The molecular weight excluding hydrogens is 249 g/mol. The van der Waals surface area contributed by atoms with Crippen molar-refractivity contribution < 1.29 is 9.53 Å². The van der Waals surface area contributed by atoms with Crippen molar-refractivity contribution in [2.24, 2.45) is 11.7 Å². The highest BCUT2D eigenvalue weighted by Crippen LogP contribution is 2.24. The lowest BCUT2D eigenvalue weighted by Crippen LogP contribution is -2.38. The van der Waals surface area contributed by atoms with Gasteiger partial charge in [0.05, 0.1) is 0 Å². The number of ether oxygens (including phenoxy) is 1. The van der Waals surface area contributed by atoms with Crippen LogP contribution in [0.3, 0.4) is 0 Å². The van der Waals surface area contributed by atoms with Crippen molar-refractivity contribution >= 4 is 29.2 Å². The molecule has 0 aliphatic heterocycles. The molecule has 0 spiro atoms. The van der Waals surface area contributed by atoms with Crippen LogP contribution >= 0.6 is 23.2 Å². The summed E-state index contributed by atoms with van der Waals surface area (Å²) in [6.45, 7) is 3.69. The molecule has 16 heavy (non-hydrogen) atoms. The van der Waals surface area contributed by atoms with Gasteiger partial charge in [-0.05, 0) is 24.1 Å². The summed E-state index contributed by atoms with van der Waals surface area (Å²) in [4.78, 5) is 11.5. The normalized spacial score (nSPS) is 12.6. The van der Waals surface area contributed by atoms with Crippen LogP contribution in [0.15, 0.2) is 18.2 Å². The second-order valence-corrected chi connectivity index (χ2v) is 4.67. The number of hydrogen-bond acceptors (Lipinski definition) is 3. The van der Waals surface area contributed by atoms with Gasteiger partial charge in [-0.1, -0.05) is 37.0 Å². The molecule has 0 aliphatic rings.